The van der Waals surface area contributed by atoms with E-state index in [0.717, 1.165) is 18.5 Å². The summed E-state index contributed by atoms with van der Waals surface area (Å²) >= 11 is 0. The minimum Gasteiger partial charge on any atom is -0.334 e. The van der Waals surface area contributed by atoms with E-state index in [-0.39, 0.29) is 18.4 Å². The normalized spacial score (nSPS) is 10.2. The molecule has 2 aromatic rings. The van der Waals surface area contributed by atoms with Crippen molar-refractivity contribution in [2.75, 3.05) is 25.0 Å². The molecule has 2 amide bonds. The van der Waals surface area contributed by atoms with Crippen molar-refractivity contribution >= 4 is 17.5 Å². The average Bonchev–Trinajstić information content (AvgIpc) is 2.61. The monoisotopic (exact) mass is 324 g/mol. The summed E-state index contributed by atoms with van der Waals surface area (Å²) in [6.07, 6.45) is 1.74. The van der Waals surface area contributed by atoms with Crippen molar-refractivity contribution in [1.82, 2.24) is 4.90 Å². The highest BCUT2D eigenvalue weighted by molar-refractivity contribution is 5.95. The third-order valence-electron chi connectivity index (χ3n) is 4.03. The number of carbonyl (C=O) groups excluding carboxylic acids is 2. The van der Waals surface area contributed by atoms with Gasteiger partial charge in [0.25, 0.3) is 0 Å². The SMILES string of the molecule is CC(=O)N(CCCc1ccccc1)CC(=O)N(C)c1ccccc1. The Morgan fingerprint density at radius 2 is 1.50 bits per heavy atom. The van der Waals surface area contributed by atoms with Crippen LogP contribution in [0.5, 0.6) is 0 Å². The topological polar surface area (TPSA) is 40.6 Å². The van der Waals surface area contributed by atoms with E-state index in [1.807, 2.05) is 48.5 Å². The lowest BCUT2D eigenvalue weighted by Crippen LogP contribution is -2.41. The van der Waals surface area contributed by atoms with Gasteiger partial charge in [0.1, 0.15) is 6.54 Å². The molecule has 24 heavy (non-hydrogen) atoms. The van der Waals surface area contributed by atoms with Crippen LogP contribution in [0.25, 0.3) is 0 Å². The number of hydrogen-bond acceptors (Lipinski definition) is 2. The Morgan fingerprint density at radius 3 is 2.08 bits per heavy atom. The molecule has 2 rings (SSSR count). The molecular formula is C20H24N2O2. The smallest absolute Gasteiger partial charge is 0.246 e. The maximum Gasteiger partial charge on any atom is 0.246 e. The highest BCUT2D eigenvalue weighted by Gasteiger charge is 2.17. The number of hydrogen-bond donors (Lipinski definition) is 0. The van der Waals surface area contributed by atoms with Crippen LogP contribution in [0, 0.1) is 0 Å². The number of anilines is 1. The fourth-order valence-electron chi connectivity index (χ4n) is 2.53. The van der Waals surface area contributed by atoms with Crippen molar-refractivity contribution in [2.24, 2.45) is 0 Å². The Hall–Kier alpha value is -2.62. The minimum atomic E-state index is -0.0869. The van der Waals surface area contributed by atoms with Gasteiger partial charge in [-0.05, 0) is 30.5 Å². The van der Waals surface area contributed by atoms with E-state index >= 15 is 0 Å². The van der Waals surface area contributed by atoms with Crippen LogP contribution in [-0.2, 0) is 16.0 Å². The van der Waals surface area contributed by atoms with Gasteiger partial charge in [0.15, 0.2) is 0 Å². The Labute approximate surface area is 143 Å². The fourth-order valence-corrected chi connectivity index (χ4v) is 2.53. The third kappa shape index (κ3) is 5.23. The van der Waals surface area contributed by atoms with Gasteiger partial charge in [-0.1, -0.05) is 48.5 Å². The summed E-state index contributed by atoms with van der Waals surface area (Å²) in [5, 5.41) is 0. The maximum atomic E-state index is 12.4. The lowest BCUT2D eigenvalue weighted by molar-refractivity contribution is -0.133. The molecule has 0 radical (unpaired) electrons. The Bertz CT molecular complexity index is 656. The molecule has 0 aliphatic carbocycles. The van der Waals surface area contributed by atoms with Crippen LogP contribution >= 0.6 is 0 Å². The summed E-state index contributed by atoms with van der Waals surface area (Å²) in [5.74, 6) is -0.158. The minimum absolute atomic E-state index is 0.0714. The van der Waals surface area contributed by atoms with Gasteiger partial charge in [0.05, 0.1) is 0 Å². The Morgan fingerprint density at radius 1 is 0.917 bits per heavy atom. The number of amides is 2. The Balaban J connectivity index is 1.88. The van der Waals surface area contributed by atoms with Gasteiger partial charge in [-0.25, -0.2) is 0 Å². The predicted molar refractivity (Wildman–Crippen MR) is 96.9 cm³/mol. The van der Waals surface area contributed by atoms with Crippen molar-refractivity contribution in [1.29, 1.82) is 0 Å². The van der Waals surface area contributed by atoms with Crippen molar-refractivity contribution in [3.8, 4) is 0 Å². The summed E-state index contributed by atoms with van der Waals surface area (Å²) in [5.41, 5.74) is 2.07. The zero-order valence-corrected chi connectivity index (χ0v) is 14.3. The van der Waals surface area contributed by atoms with Gasteiger partial charge in [0, 0.05) is 26.2 Å². The first-order valence-electron chi connectivity index (χ1n) is 8.19. The van der Waals surface area contributed by atoms with Crippen LogP contribution in [0.2, 0.25) is 0 Å². The number of nitrogens with zero attached hydrogens (tertiary/aromatic N) is 2. The molecule has 0 aliphatic rings. The van der Waals surface area contributed by atoms with Crippen molar-refractivity contribution < 1.29 is 9.59 Å². The first kappa shape index (κ1) is 17.7. The molecule has 0 saturated heterocycles. The summed E-state index contributed by atoms with van der Waals surface area (Å²) in [6.45, 7) is 2.20. The standard InChI is InChI=1S/C20H24N2O2/c1-17(23)22(15-9-12-18-10-5-3-6-11-18)16-20(24)21(2)19-13-7-4-8-14-19/h3-8,10-11,13-14H,9,12,15-16H2,1-2H3. The first-order chi connectivity index (χ1) is 11.6. The van der Waals surface area contributed by atoms with Gasteiger partial charge in [0.2, 0.25) is 11.8 Å². The number of carbonyl (C=O) groups is 2. The number of likely N-dealkylation sites (N-methyl/N-ethyl adjacent to an activating group) is 1. The molecule has 0 N–H and O–H groups in total. The summed E-state index contributed by atoms with van der Waals surface area (Å²) in [7, 11) is 1.74. The van der Waals surface area contributed by atoms with E-state index in [4.69, 9.17) is 0 Å². The molecule has 0 bridgehead atoms. The van der Waals surface area contributed by atoms with Crippen LogP contribution in [0.15, 0.2) is 60.7 Å². The van der Waals surface area contributed by atoms with Crippen molar-refractivity contribution in [2.45, 2.75) is 19.8 Å². The molecule has 4 nitrogen and oxygen atoms in total. The second kappa shape index (κ2) is 8.87. The molecule has 0 fully saturated rings. The molecule has 4 heteroatoms. The maximum absolute atomic E-state index is 12.4. The van der Waals surface area contributed by atoms with E-state index in [9.17, 15) is 9.59 Å². The summed E-state index contributed by atoms with van der Waals surface area (Å²) in [4.78, 5) is 27.5. The third-order valence-corrected chi connectivity index (χ3v) is 4.03. The van der Waals surface area contributed by atoms with Gasteiger partial charge >= 0.3 is 0 Å². The zero-order chi connectivity index (χ0) is 17.4. The highest BCUT2D eigenvalue weighted by Crippen LogP contribution is 2.12. The summed E-state index contributed by atoms with van der Waals surface area (Å²) in [6, 6.07) is 19.6. The molecule has 0 saturated carbocycles. The van der Waals surface area contributed by atoms with Gasteiger partial charge in [-0.2, -0.15) is 0 Å². The van der Waals surface area contributed by atoms with Crippen LogP contribution in [0.1, 0.15) is 18.9 Å². The molecule has 0 unspecified atom stereocenters. The molecule has 0 atom stereocenters. The van der Waals surface area contributed by atoms with Crippen LogP contribution < -0.4 is 4.90 Å². The van der Waals surface area contributed by atoms with Crippen LogP contribution in [-0.4, -0.2) is 36.9 Å². The van der Waals surface area contributed by atoms with Gasteiger partial charge in [-0.3, -0.25) is 9.59 Å². The van der Waals surface area contributed by atoms with Crippen molar-refractivity contribution in [3.05, 3.63) is 66.2 Å². The molecule has 2 aromatic carbocycles. The number of benzene rings is 2. The molecular weight excluding hydrogens is 300 g/mol. The van der Waals surface area contributed by atoms with Crippen LogP contribution in [0.4, 0.5) is 5.69 Å². The quantitative estimate of drug-likeness (QED) is 0.785. The Kier molecular flexibility index (Phi) is 6.55. The van der Waals surface area contributed by atoms with Crippen LogP contribution in [0.3, 0.4) is 0 Å². The number of para-hydroxylation sites is 1. The second-order valence-corrected chi connectivity index (χ2v) is 5.82. The second-order valence-electron chi connectivity index (χ2n) is 5.82. The van der Waals surface area contributed by atoms with E-state index in [1.165, 1.54) is 12.5 Å². The van der Waals surface area contributed by atoms with Crippen molar-refractivity contribution in [3.63, 3.8) is 0 Å². The molecule has 126 valence electrons. The lowest BCUT2D eigenvalue weighted by atomic mass is 10.1. The van der Waals surface area contributed by atoms with Gasteiger partial charge in [-0.15, -0.1) is 0 Å². The molecule has 0 aliphatic heterocycles. The average molecular weight is 324 g/mol. The molecule has 0 spiro atoms. The lowest BCUT2D eigenvalue weighted by Gasteiger charge is -2.24. The molecule has 0 aromatic heterocycles. The first-order valence-corrected chi connectivity index (χ1v) is 8.19. The van der Waals surface area contributed by atoms with Gasteiger partial charge < -0.3 is 9.80 Å². The predicted octanol–water partition coefficient (Wildman–Crippen LogP) is 3.13. The number of rotatable bonds is 7. The molecule has 0 heterocycles. The number of aryl methyl sites for hydroxylation is 1. The van der Waals surface area contributed by atoms with E-state index < -0.39 is 0 Å². The fraction of sp³-hybridized carbons (Fsp3) is 0.300. The largest absolute Gasteiger partial charge is 0.334 e. The summed E-state index contributed by atoms with van der Waals surface area (Å²) < 4.78 is 0. The zero-order valence-electron chi connectivity index (χ0n) is 14.3. The van der Waals surface area contributed by atoms with E-state index in [2.05, 4.69) is 12.1 Å². The van der Waals surface area contributed by atoms with E-state index in [1.54, 1.807) is 16.8 Å². The highest BCUT2D eigenvalue weighted by atomic mass is 16.2. The van der Waals surface area contributed by atoms with E-state index in [0.29, 0.717) is 6.54 Å².